The average molecular weight is 165 g/mol. The van der Waals surface area contributed by atoms with Crippen molar-refractivity contribution in [3.05, 3.63) is 18.0 Å². The van der Waals surface area contributed by atoms with E-state index < -0.39 is 0 Å². The third-order valence-corrected chi connectivity index (χ3v) is 2.21. The van der Waals surface area contributed by atoms with E-state index in [1.807, 2.05) is 17.8 Å². The van der Waals surface area contributed by atoms with E-state index in [0.29, 0.717) is 0 Å². The van der Waals surface area contributed by atoms with Crippen LogP contribution in [0.4, 0.5) is 0 Å². The lowest BCUT2D eigenvalue weighted by molar-refractivity contribution is 0.520. The van der Waals surface area contributed by atoms with Crippen molar-refractivity contribution >= 4 is 0 Å². The van der Waals surface area contributed by atoms with Crippen LogP contribution in [0.3, 0.4) is 0 Å². The summed E-state index contributed by atoms with van der Waals surface area (Å²) in [7, 11) is 0. The summed E-state index contributed by atoms with van der Waals surface area (Å²) >= 11 is 0. The molecule has 2 N–H and O–H groups in total. The van der Waals surface area contributed by atoms with Crippen molar-refractivity contribution in [3.8, 4) is 0 Å². The maximum atomic E-state index is 5.71. The first kappa shape index (κ1) is 7.80. The van der Waals surface area contributed by atoms with Crippen LogP contribution in [0.15, 0.2) is 12.3 Å². The number of hydrogen-bond donors (Lipinski definition) is 1. The molecule has 3 nitrogen and oxygen atoms in total. The highest BCUT2D eigenvalue weighted by molar-refractivity contribution is 5.13. The fourth-order valence-electron chi connectivity index (χ4n) is 1.49. The molecule has 1 aromatic heterocycles. The minimum atomic E-state index is 0.197. The molecule has 1 saturated carbocycles. The van der Waals surface area contributed by atoms with Gasteiger partial charge in [0.1, 0.15) is 0 Å². The summed E-state index contributed by atoms with van der Waals surface area (Å²) in [6.07, 6.45) is 4.52. The van der Waals surface area contributed by atoms with Crippen molar-refractivity contribution < 1.29 is 0 Å². The van der Waals surface area contributed by atoms with Gasteiger partial charge in [-0.05, 0) is 25.8 Å². The van der Waals surface area contributed by atoms with Crippen LogP contribution in [0.25, 0.3) is 0 Å². The van der Waals surface area contributed by atoms with Gasteiger partial charge in [0.25, 0.3) is 0 Å². The average Bonchev–Trinajstić information content (AvgIpc) is 2.73. The van der Waals surface area contributed by atoms with Crippen LogP contribution in [0.2, 0.25) is 0 Å². The highest BCUT2D eigenvalue weighted by Gasteiger charge is 2.26. The summed E-state index contributed by atoms with van der Waals surface area (Å²) in [5.74, 6) is 0.770. The van der Waals surface area contributed by atoms with E-state index in [2.05, 4.69) is 11.2 Å². The highest BCUT2D eigenvalue weighted by Crippen LogP contribution is 2.39. The van der Waals surface area contributed by atoms with E-state index in [0.717, 1.165) is 12.5 Å². The van der Waals surface area contributed by atoms with Crippen molar-refractivity contribution in [2.75, 3.05) is 0 Å². The molecule has 1 aromatic rings. The second-order valence-corrected chi connectivity index (χ2v) is 3.69. The van der Waals surface area contributed by atoms with Gasteiger partial charge in [0.15, 0.2) is 0 Å². The van der Waals surface area contributed by atoms with Gasteiger partial charge >= 0.3 is 0 Å². The molecule has 1 unspecified atom stereocenters. The number of hydrogen-bond acceptors (Lipinski definition) is 2. The Hall–Kier alpha value is -0.830. The molecule has 1 heterocycles. The first-order valence-corrected chi connectivity index (χ1v) is 4.54. The first-order chi connectivity index (χ1) is 5.77. The molecular weight excluding hydrogens is 150 g/mol. The zero-order valence-corrected chi connectivity index (χ0v) is 7.40. The standard InChI is InChI=1S/C9H15N3/c1-7(10)6-12-9(4-5-11-12)8-2-3-8/h4-5,7-8H,2-3,6,10H2,1H3. The van der Waals surface area contributed by atoms with E-state index in [-0.39, 0.29) is 6.04 Å². The zero-order valence-electron chi connectivity index (χ0n) is 7.40. The summed E-state index contributed by atoms with van der Waals surface area (Å²) < 4.78 is 2.04. The molecule has 12 heavy (non-hydrogen) atoms. The Morgan fingerprint density at radius 3 is 3.08 bits per heavy atom. The lowest BCUT2D eigenvalue weighted by Crippen LogP contribution is -2.23. The molecule has 0 bridgehead atoms. The van der Waals surface area contributed by atoms with Crippen molar-refractivity contribution in [3.63, 3.8) is 0 Å². The zero-order chi connectivity index (χ0) is 8.55. The minimum Gasteiger partial charge on any atom is -0.326 e. The summed E-state index contributed by atoms with van der Waals surface area (Å²) in [5, 5.41) is 4.25. The van der Waals surface area contributed by atoms with Crippen LogP contribution in [0.1, 0.15) is 31.4 Å². The lowest BCUT2D eigenvalue weighted by atomic mass is 10.3. The van der Waals surface area contributed by atoms with Gasteiger partial charge in [-0.2, -0.15) is 5.10 Å². The number of nitrogens with two attached hydrogens (primary N) is 1. The van der Waals surface area contributed by atoms with E-state index >= 15 is 0 Å². The van der Waals surface area contributed by atoms with Crippen LogP contribution in [0.5, 0.6) is 0 Å². The largest absolute Gasteiger partial charge is 0.326 e. The maximum Gasteiger partial charge on any atom is 0.0561 e. The molecular formula is C9H15N3. The van der Waals surface area contributed by atoms with Gasteiger partial charge in [-0.15, -0.1) is 0 Å². The van der Waals surface area contributed by atoms with Gasteiger partial charge < -0.3 is 5.73 Å². The predicted octanol–water partition coefficient (Wildman–Crippen LogP) is 1.11. The molecule has 66 valence electrons. The molecule has 0 radical (unpaired) electrons. The molecule has 1 aliphatic carbocycles. The normalized spacial score (nSPS) is 19.5. The summed E-state index contributed by atoms with van der Waals surface area (Å²) in [4.78, 5) is 0. The third kappa shape index (κ3) is 1.50. The SMILES string of the molecule is CC(N)Cn1nccc1C1CC1. The van der Waals surface area contributed by atoms with Crippen LogP contribution in [0, 0.1) is 0 Å². The Balaban J connectivity index is 2.13. The third-order valence-electron chi connectivity index (χ3n) is 2.21. The van der Waals surface area contributed by atoms with Crippen LogP contribution < -0.4 is 5.73 Å². The van der Waals surface area contributed by atoms with Crippen LogP contribution >= 0.6 is 0 Å². The van der Waals surface area contributed by atoms with Gasteiger partial charge in [-0.1, -0.05) is 0 Å². The van der Waals surface area contributed by atoms with Gasteiger partial charge in [-0.3, -0.25) is 4.68 Å². The van der Waals surface area contributed by atoms with E-state index in [1.54, 1.807) is 0 Å². The van der Waals surface area contributed by atoms with Gasteiger partial charge in [0.2, 0.25) is 0 Å². The molecule has 1 fully saturated rings. The molecule has 0 spiro atoms. The van der Waals surface area contributed by atoms with E-state index in [9.17, 15) is 0 Å². The molecule has 3 heteroatoms. The van der Waals surface area contributed by atoms with Crippen LogP contribution in [-0.4, -0.2) is 15.8 Å². The Morgan fingerprint density at radius 1 is 1.75 bits per heavy atom. The smallest absolute Gasteiger partial charge is 0.0561 e. The fraction of sp³-hybridized carbons (Fsp3) is 0.667. The summed E-state index contributed by atoms with van der Waals surface area (Å²) in [5.41, 5.74) is 7.08. The quantitative estimate of drug-likeness (QED) is 0.729. The van der Waals surface area contributed by atoms with Crippen molar-refractivity contribution in [1.82, 2.24) is 9.78 Å². The van der Waals surface area contributed by atoms with Gasteiger partial charge in [-0.25, -0.2) is 0 Å². The Bertz CT molecular complexity index is 260. The predicted molar refractivity (Wildman–Crippen MR) is 47.9 cm³/mol. The molecule has 0 aromatic carbocycles. The molecule has 0 aliphatic heterocycles. The molecule has 1 aliphatic rings. The fourth-order valence-corrected chi connectivity index (χ4v) is 1.49. The van der Waals surface area contributed by atoms with Crippen molar-refractivity contribution in [1.29, 1.82) is 0 Å². The second-order valence-electron chi connectivity index (χ2n) is 3.69. The van der Waals surface area contributed by atoms with E-state index in [1.165, 1.54) is 18.5 Å². The topological polar surface area (TPSA) is 43.8 Å². The number of rotatable bonds is 3. The van der Waals surface area contributed by atoms with Crippen molar-refractivity contribution in [2.45, 2.75) is 38.3 Å². The summed E-state index contributed by atoms with van der Waals surface area (Å²) in [6.45, 7) is 2.86. The highest BCUT2D eigenvalue weighted by atomic mass is 15.3. The Labute approximate surface area is 72.6 Å². The van der Waals surface area contributed by atoms with Crippen molar-refractivity contribution in [2.24, 2.45) is 5.73 Å². The molecule has 0 saturated heterocycles. The van der Waals surface area contributed by atoms with Crippen LogP contribution in [-0.2, 0) is 6.54 Å². The van der Waals surface area contributed by atoms with Gasteiger partial charge in [0.05, 0.1) is 6.54 Å². The number of aromatic nitrogens is 2. The minimum absolute atomic E-state index is 0.197. The number of nitrogens with zero attached hydrogens (tertiary/aromatic N) is 2. The Kier molecular flexibility index (Phi) is 1.89. The van der Waals surface area contributed by atoms with Gasteiger partial charge in [0, 0.05) is 23.9 Å². The first-order valence-electron chi connectivity index (χ1n) is 4.54. The second kappa shape index (κ2) is 2.90. The summed E-state index contributed by atoms with van der Waals surface area (Å²) in [6, 6.07) is 2.31. The lowest BCUT2D eigenvalue weighted by Gasteiger charge is -2.08. The Morgan fingerprint density at radius 2 is 2.50 bits per heavy atom. The molecule has 0 amide bonds. The monoisotopic (exact) mass is 165 g/mol. The maximum absolute atomic E-state index is 5.71. The molecule has 2 rings (SSSR count). The molecule has 1 atom stereocenters. The van der Waals surface area contributed by atoms with E-state index in [4.69, 9.17) is 5.73 Å².